The van der Waals surface area contributed by atoms with Crippen LogP contribution in [-0.4, -0.2) is 43.9 Å². The van der Waals surface area contributed by atoms with Gasteiger partial charge in [-0.1, -0.05) is 41.2 Å². The summed E-state index contributed by atoms with van der Waals surface area (Å²) in [5.74, 6) is 0.109. The molecular weight excluding hydrogens is 424 g/mol. The molecular formula is C20H22N4O4S2. The van der Waals surface area contributed by atoms with E-state index in [4.69, 9.17) is 4.74 Å². The maximum atomic E-state index is 12.5. The Morgan fingerprint density at radius 3 is 2.37 bits per heavy atom. The molecule has 1 N–H and O–H groups in total. The van der Waals surface area contributed by atoms with Crippen molar-refractivity contribution in [3.05, 3.63) is 54.1 Å². The highest BCUT2D eigenvalue weighted by molar-refractivity contribution is 7.92. The molecule has 10 heteroatoms. The Bertz CT molecular complexity index is 1110. The van der Waals surface area contributed by atoms with Crippen LogP contribution in [-0.2, 0) is 14.8 Å². The molecule has 0 aliphatic carbocycles. The minimum absolute atomic E-state index is 0.302. The molecule has 2 aromatic carbocycles. The zero-order valence-electron chi connectivity index (χ0n) is 16.8. The number of sulfonamides is 1. The number of nitrogens with zero attached hydrogens (tertiary/aromatic N) is 3. The first-order valence-corrected chi connectivity index (χ1v) is 11.8. The summed E-state index contributed by atoms with van der Waals surface area (Å²) in [7, 11) is -3.67. The van der Waals surface area contributed by atoms with Gasteiger partial charge in [-0.25, -0.2) is 8.42 Å². The summed E-state index contributed by atoms with van der Waals surface area (Å²) in [5, 5.41) is 11.7. The van der Waals surface area contributed by atoms with Gasteiger partial charge in [-0.05, 0) is 38.1 Å². The molecule has 0 unspecified atom stereocenters. The highest BCUT2D eigenvalue weighted by Gasteiger charge is 2.22. The van der Waals surface area contributed by atoms with Crippen LogP contribution < -0.4 is 14.4 Å². The molecule has 1 amide bonds. The van der Waals surface area contributed by atoms with Crippen molar-refractivity contribution in [3.63, 3.8) is 0 Å². The SMILES string of the molecule is CCOc1ccc(N(CC(=O)Nc2nnc(-c3ccc(C)cc3)s2)S(C)(=O)=O)cc1. The fourth-order valence-corrected chi connectivity index (χ4v) is 4.27. The molecule has 0 atom stereocenters. The van der Waals surface area contributed by atoms with Crippen LogP contribution in [0.1, 0.15) is 12.5 Å². The Hall–Kier alpha value is -2.98. The highest BCUT2D eigenvalue weighted by Crippen LogP contribution is 2.27. The monoisotopic (exact) mass is 446 g/mol. The summed E-state index contributed by atoms with van der Waals surface area (Å²) in [6.07, 6.45) is 1.05. The number of benzene rings is 2. The van der Waals surface area contributed by atoms with E-state index in [0.717, 1.165) is 21.7 Å². The summed E-state index contributed by atoms with van der Waals surface area (Å²) < 4.78 is 30.9. The van der Waals surface area contributed by atoms with Crippen LogP contribution in [0.3, 0.4) is 0 Å². The molecule has 0 aliphatic heterocycles. The van der Waals surface area contributed by atoms with Crippen molar-refractivity contribution in [1.82, 2.24) is 10.2 Å². The first kappa shape index (κ1) is 21.7. The number of aryl methyl sites for hydroxylation is 1. The summed E-state index contributed by atoms with van der Waals surface area (Å²) >= 11 is 1.22. The van der Waals surface area contributed by atoms with E-state index in [1.165, 1.54) is 11.3 Å². The largest absolute Gasteiger partial charge is 0.494 e. The van der Waals surface area contributed by atoms with Crippen LogP contribution >= 0.6 is 11.3 Å². The van der Waals surface area contributed by atoms with Crippen LogP contribution in [0.15, 0.2) is 48.5 Å². The summed E-state index contributed by atoms with van der Waals surface area (Å²) in [6.45, 7) is 3.97. The number of anilines is 2. The zero-order chi connectivity index (χ0) is 21.7. The maximum Gasteiger partial charge on any atom is 0.246 e. The number of rotatable bonds is 8. The Kier molecular flexibility index (Phi) is 6.68. The van der Waals surface area contributed by atoms with Gasteiger partial charge >= 0.3 is 0 Å². The molecule has 0 radical (unpaired) electrons. The molecule has 158 valence electrons. The fourth-order valence-electron chi connectivity index (χ4n) is 2.65. The van der Waals surface area contributed by atoms with E-state index in [1.807, 2.05) is 38.1 Å². The van der Waals surface area contributed by atoms with Crippen LogP contribution in [0.25, 0.3) is 10.6 Å². The van der Waals surface area contributed by atoms with E-state index in [0.29, 0.717) is 28.2 Å². The van der Waals surface area contributed by atoms with Crippen molar-refractivity contribution in [1.29, 1.82) is 0 Å². The Labute approximate surface area is 179 Å². The Morgan fingerprint density at radius 2 is 1.77 bits per heavy atom. The predicted octanol–water partition coefficient (Wildman–Crippen LogP) is 3.32. The van der Waals surface area contributed by atoms with Crippen molar-refractivity contribution in [2.45, 2.75) is 13.8 Å². The highest BCUT2D eigenvalue weighted by atomic mass is 32.2. The number of amides is 1. The van der Waals surface area contributed by atoms with E-state index in [9.17, 15) is 13.2 Å². The fraction of sp³-hybridized carbons (Fsp3) is 0.250. The van der Waals surface area contributed by atoms with Crippen molar-refractivity contribution < 1.29 is 17.9 Å². The third kappa shape index (κ3) is 5.55. The third-order valence-electron chi connectivity index (χ3n) is 4.09. The second-order valence-corrected chi connectivity index (χ2v) is 9.41. The molecule has 3 aromatic rings. The average molecular weight is 447 g/mol. The molecule has 0 fully saturated rings. The maximum absolute atomic E-state index is 12.5. The molecule has 1 heterocycles. The van der Waals surface area contributed by atoms with Gasteiger partial charge in [-0.15, -0.1) is 10.2 Å². The second kappa shape index (κ2) is 9.23. The molecule has 0 bridgehead atoms. The molecule has 0 spiro atoms. The van der Waals surface area contributed by atoms with Crippen LogP contribution in [0, 0.1) is 6.92 Å². The zero-order valence-corrected chi connectivity index (χ0v) is 18.5. The van der Waals surface area contributed by atoms with Crippen LogP contribution in [0.4, 0.5) is 10.8 Å². The standard InChI is InChI=1S/C20H22N4O4S2/c1-4-28-17-11-9-16(10-12-17)24(30(3,26)27)13-18(25)21-20-23-22-19(29-20)15-7-5-14(2)6-8-15/h5-12H,4,13H2,1-3H3,(H,21,23,25). The van der Waals surface area contributed by atoms with E-state index in [2.05, 4.69) is 15.5 Å². The lowest BCUT2D eigenvalue weighted by Crippen LogP contribution is -2.37. The third-order valence-corrected chi connectivity index (χ3v) is 6.12. The topological polar surface area (TPSA) is 101 Å². The molecule has 1 aromatic heterocycles. The van der Waals surface area contributed by atoms with Gasteiger partial charge in [0.1, 0.15) is 17.3 Å². The lowest BCUT2D eigenvalue weighted by Gasteiger charge is -2.21. The minimum atomic E-state index is -3.67. The van der Waals surface area contributed by atoms with Crippen molar-refractivity contribution >= 4 is 38.1 Å². The van der Waals surface area contributed by atoms with Gasteiger partial charge in [-0.2, -0.15) is 0 Å². The number of nitrogens with one attached hydrogen (secondary N) is 1. The number of hydrogen-bond acceptors (Lipinski definition) is 7. The first-order chi connectivity index (χ1) is 14.3. The van der Waals surface area contributed by atoms with E-state index in [1.54, 1.807) is 24.3 Å². The van der Waals surface area contributed by atoms with E-state index in [-0.39, 0.29) is 6.54 Å². The number of hydrogen-bond donors (Lipinski definition) is 1. The Balaban J connectivity index is 1.71. The van der Waals surface area contributed by atoms with Gasteiger partial charge in [0.25, 0.3) is 0 Å². The number of ether oxygens (including phenoxy) is 1. The molecule has 8 nitrogen and oxygen atoms in total. The quantitative estimate of drug-likeness (QED) is 0.570. The lowest BCUT2D eigenvalue weighted by atomic mass is 10.2. The van der Waals surface area contributed by atoms with Crippen molar-refractivity contribution in [3.8, 4) is 16.3 Å². The molecule has 0 saturated heterocycles. The van der Waals surface area contributed by atoms with Gasteiger partial charge in [0.2, 0.25) is 21.1 Å². The summed E-state index contributed by atoms with van der Waals surface area (Å²) in [5.41, 5.74) is 2.39. The smallest absolute Gasteiger partial charge is 0.246 e. The van der Waals surface area contributed by atoms with Crippen LogP contribution in [0.2, 0.25) is 0 Å². The number of carbonyl (C=O) groups excluding carboxylic acids is 1. The number of aromatic nitrogens is 2. The molecule has 0 saturated carbocycles. The van der Waals surface area contributed by atoms with Gasteiger partial charge in [0.15, 0.2) is 0 Å². The van der Waals surface area contributed by atoms with E-state index < -0.39 is 15.9 Å². The minimum Gasteiger partial charge on any atom is -0.494 e. The van der Waals surface area contributed by atoms with Gasteiger partial charge in [0.05, 0.1) is 18.6 Å². The van der Waals surface area contributed by atoms with Crippen molar-refractivity contribution in [2.24, 2.45) is 0 Å². The van der Waals surface area contributed by atoms with E-state index >= 15 is 0 Å². The van der Waals surface area contributed by atoms with Crippen LogP contribution in [0.5, 0.6) is 5.75 Å². The molecule has 3 rings (SSSR count). The lowest BCUT2D eigenvalue weighted by molar-refractivity contribution is -0.114. The summed E-state index contributed by atoms with van der Waals surface area (Å²) in [4.78, 5) is 12.5. The molecule has 0 aliphatic rings. The predicted molar refractivity (Wildman–Crippen MR) is 119 cm³/mol. The van der Waals surface area contributed by atoms with Gasteiger partial charge < -0.3 is 4.74 Å². The normalized spacial score (nSPS) is 11.2. The van der Waals surface area contributed by atoms with Gasteiger partial charge in [0, 0.05) is 5.56 Å². The second-order valence-electron chi connectivity index (χ2n) is 6.52. The number of carbonyl (C=O) groups is 1. The molecule has 30 heavy (non-hydrogen) atoms. The van der Waals surface area contributed by atoms with Gasteiger partial charge in [-0.3, -0.25) is 14.4 Å². The summed E-state index contributed by atoms with van der Waals surface area (Å²) in [6, 6.07) is 14.3. The average Bonchev–Trinajstić information content (AvgIpc) is 3.15. The Morgan fingerprint density at radius 1 is 1.10 bits per heavy atom. The van der Waals surface area contributed by atoms with Crippen molar-refractivity contribution in [2.75, 3.05) is 29.0 Å². The first-order valence-electron chi connectivity index (χ1n) is 9.17.